The molecule has 0 amide bonds. The topological polar surface area (TPSA) is 49.8 Å². The number of carbonyl (C=O) groups is 1. The molecule has 4 nitrogen and oxygen atoms in total. The second-order valence-corrected chi connectivity index (χ2v) is 6.53. The van der Waals surface area contributed by atoms with Crippen molar-refractivity contribution in [1.82, 2.24) is 4.90 Å². The molecule has 112 valence electrons. The molecule has 21 heavy (non-hydrogen) atoms. The van der Waals surface area contributed by atoms with E-state index in [2.05, 4.69) is 11.8 Å². The van der Waals surface area contributed by atoms with Crippen LogP contribution >= 0.6 is 11.3 Å². The van der Waals surface area contributed by atoms with E-state index in [0.29, 0.717) is 11.4 Å². The van der Waals surface area contributed by atoms with Crippen LogP contribution in [0.2, 0.25) is 0 Å². The van der Waals surface area contributed by atoms with Gasteiger partial charge in [0.05, 0.1) is 6.10 Å². The highest BCUT2D eigenvalue weighted by molar-refractivity contribution is 7.21. The Balaban J connectivity index is 1.94. The molecule has 2 aromatic rings. The van der Waals surface area contributed by atoms with Gasteiger partial charge >= 0.3 is 5.97 Å². The van der Waals surface area contributed by atoms with Gasteiger partial charge in [-0.15, -0.1) is 11.3 Å². The fourth-order valence-electron chi connectivity index (χ4n) is 2.88. The second-order valence-electron chi connectivity index (χ2n) is 5.48. The van der Waals surface area contributed by atoms with Crippen molar-refractivity contribution in [1.29, 1.82) is 0 Å². The van der Waals surface area contributed by atoms with Crippen LogP contribution in [0.5, 0.6) is 0 Å². The number of benzene rings is 1. The molecule has 1 atom stereocenters. The van der Waals surface area contributed by atoms with Crippen LogP contribution in [-0.2, 0) is 11.3 Å². The van der Waals surface area contributed by atoms with E-state index in [4.69, 9.17) is 4.74 Å². The highest BCUT2D eigenvalue weighted by Crippen LogP contribution is 2.32. The summed E-state index contributed by atoms with van der Waals surface area (Å²) >= 11 is 1.37. The molecule has 1 fully saturated rings. The van der Waals surface area contributed by atoms with Gasteiger partial charge in [0.2, 0.25) is 0 Å². The largest absolute Gasteiger partial charge is 0.477 e. The highest BCUT2D eigenvalue weighted by Gasteiger charge is 2.22. The Morgan fingerprint density at radius 1 is 1.48 bits per heavy atom. The Hall–Kier alpha value is -1.43. The summed E-state index contributed by atoms with van der Waals surface area (Å²) in [5, 5.41) is 10.5. The van der Waals surface area contributed by atoms with E-state index in [9.17, 15) is 9.90 Å². The van der Waals surface area contributed by atoms with E-state index in [1.165, 1.54) is 11.3 Å². The van der Waals surface area contributed by atoms with Gasteiger partial charge in [0.25, 0.3) is 0 Å². The summed E-state index contributed by atoms with van der Waals surface area (Å²) in [5.41, 5.74) is 0.942. The standard InChI is InChI=1S/C16H19NO3S/c1-11-9-17(7-4-8-20-11)10-13-12-5-2-3-6-14(12)21-15(13)16(18)19/h2-3,5-6,11H,4,7-10H2,1H3,(H,18,19). The SMILES string of the molecule is CC1CN(Cc2c(C(=O)O)sc3ccccc23)CCCO1. The van der Waals surface area contributed by atoms with Crippen molar-refractivity contribution in [3.8, 4) is 0 Å². The van der Waals surface area contributed by atoms with Gasteiger partial charge in [-0.25, -0.2) is 4.79 Å². The van der Waals surface area contributed by atoms with Crippen LogP contribution in [0.4, 0.5) is 0 Å². The number of hydrogen-bond donors (Lipinski definition) is 1. The van der Waals surface area contributed by atoms with E-state index < -0.39 is 5.97 Å². The lowest BCUT2D eigenvalue weighted by atomic mass is 10.1. The maximum Gasteiger partial charge on any atom is 0.346 e. The van der Waals surface area contributed by atoms with E-state index >= 15 is 0 Å². The lowest BCUT2D eigenvalue weighted by Crippen LogP contribution is -2.30. The van der Waals surface area contributed by atoms with E-state index in [1.54, 1.807) is 0 Å². The molecule has 5 heteroatoms. The van der Waals surface area contributed by atoms with Gasteiger partial charge in [-0.05, 0) is 30.4 Å². The van der Waals surface area contributed by atoms with Crippen LogP contribution in [0, 0.1) is 0 Å². The molecule has 3 rings (SSSR count). The predicted octanol–water partition coefficient (Wildman–Crippen LogP) is 3.21. The van der Waals surface area contributed by atoms with Gasteiger partial charge in [0, 0.05) is 30.9 Å². The lowest BCUT2D eigenvalue weighted by molar-refractivity contribution is 0.0664. The van der Waals surface area contributed by atoms with E-state index in [1.807, 2.05) is 24.3 Å². The first-order valence-electron chi connectivity index (χ1n) is 7.23. The molecule has 0 spiro atoms. The fourth-order valence-corrected chi connectivity index (χ4v) is 3.93. The summed E-state index contributed by atoms with van der Waals surface area (Å²) in [5.74, 6) is -0.828. The zero-order valence-corrected chi connectivity index (χ0v) is 12.9. The van der Waals surface area contributed by atoms with Gasteiger partial charge in [-0.1, -0.05) is 18.2 Å². The first-order valence-corrected chi connectivity index (χ1v) is 8.04. The number of thiophene rings is 1. The average molecular weight is 305 g/mol. The van der Waals surface area contributed by atoms with Gasteiger partial charge in [-0.3, -0.25) is 4.90 Å². The maximum absolute atomic E-state index is 11.5. The number of carboxylic acids is 1. The lowest BCUT2D eigenvalue weighted by Gasteiger charge is -2.21. The Morgan fingerprint density at radius 3 is 3.10 bits per heavy atom. The number of carboxylic acid groups (broad SMARTS) is 1. The molecule has 1 aromatic carbocycles. The normalized spacial score (nSPS) is 20.5. The zero-order chi connectivity index (χ0) is 14.8. The molecule has 0 aliphatic carbocycles. The van der Waals surface area contributed by atoms with Crippen molar-refractivity contribution >= 4 is 27.4 Å². The van der Waals surface area contributed by atoms with Crippen LogP contribution in [-0.4, -0.2) is 41.8 Å². The van der Waals surface area contributed by atoms with Crippen molar-refractivity contribution in [2.75, 3.05) is 19.7 Å². The summed E-state index contributed by atoms with van der Waals surface area (Å²) < 4.78 is 6.71. The maximum atomic E-state index is 11.5. The minimum Gasteiger partial charge on any atom is -0.477 e. The summed E-state index contributed by atoms with van der Waals surface area (Å²) in [6.45, 7) is 5.34. The van der Waals surface area contributed by atoms with Crippen molar-refractivity contribution < 1.29 is 14.6 Å². The molecular weight excluding hydrogens is 286 g/mol. The summed E-state index contributed by atoms with van der Waals surface area (Å²) in [6, 6.07) is 7.93. The molecule has 0 saturated carbocycles. The number of rotatable bonds is 3. The van der Waals surface area contributed by atoms with Crippen LogP contribution in [0.1, 0.15) is 28.6 Å². The zero-order valence-electron chi connectivity index (χ0n) is 12.0. The smallest absolute Gasteiger partial charge is 0.346 e. The fraction of sp³-hybridized carbons (Fsp3) is 0.438. The Bertz CT molecular complexity index is 652. The minimum absolute atomic E-state index is 0.200. The van der Waals surface area contributed by atoms with Crippen molar-refractivity contribution in [3.05, 3.63) is 34.7 Å². The van der Waals surface area contributed by atoms with Crippen molar-refractivity contribution in [2.24, 2.45) is 0 Å². The highest BCUT2D eigenvalue weighted by atomic mass is 32.1. The number of fused-ring (bicyclic) bond motifs is 1. The van der Waals surface area contributed by atoms with Crippen LogP contribution in [0.15, 0.2) is 24.3 Å². The van der Waals surface area contributed by atoms with Gasteiger partial charge < -0.3 is 9.84 Å². The van der Waals surface area contributed by atoms with Crippen molar-refractivity contribution in [2.45, 2.75) is 26.0 Å². The number of hydrogen-bond acceptors (Lipinski definition) is 4. The summed E-state index contributed by atoms with van der Waals surface area (Å²) in [4.78, 5) is 14.3. The Labute approximate surface area is 127 Å². The molecule has 1 aliphatic heterocycles. The Kier molecular flexibility index (Phi) is 4.24. The molecule has 2 heterocycles. The quantitative estimate of drug-likeness (QED) is 0.946. The third-order valence-corrected chi connectivity index (χ3v) is 5.01. The molecule has 1 unspecified atom stereocenters. The molecule has 0 radical (unpaired) electrons. The summed E-state index contributed by atoms with van der Waals surface area (Å²) in [6.07, 6.45) is 1.19. The van der Waals surface area contributed by atoms with Crippen molar-refractivity contribution in [3.63, 3.8) is 0 Å². The third-order valence-electron chi connectivity index (χ3n) is 3.81. The van der Waals surface area contributed by atoms with Crippen LogP contribution in [0.3, 0.4) is 0 Å². The minimum atomic E-state index is -0.828. The molecule has 1 N–H and O–H groups in total. The number of nitrogens with zero attached hydrogens (tertiary/aromatic N) is 1. The van der Waals surface area contributed by atoms with Crippen LogP contribution in [0.25, 0.3) is 10.1 Å². The van der Waals surface area contributed by atoms with Crippen LogP contribution < -0.4 is 0 Å². The van der Waals surface area contributed by atoms with E-state index in [-0.39, 0.29) is 6.10 Å². The number of ether oxygens (including phenoxy) is 1. The average Bonchev–Trinajstić information content (AvgIpc) is 2.69. The third kappa shape index (κ3) is 3.10. The van der Waals surface area contributed by atoms with Gasteiger partial charge in [-0.2, -0.15) is 0 Å². The number of aromatic carboxylic acids is 1. The molecule has 1 saturated heterocycles. The first-order chi connectivity index (χ1) is 10.1. The van der Waals surface area contributed by atoms with Gasteiger partial charge in [0.15, 0.2) is 0 Å². The Morgan fingerprint density at radius 2 is 2.29 bits per heavy atom. The molecular formula is C16H19NO3S. The summed E-state index contributed by atoms with van der Waals surface area (Å²) in [7, 11) is 0. The molecule has 1 aromatic heterocycles. The molecule has 0 bridgehead atoms. The first kappa shape index (κ1) is 14.5. The second kappa shape index (κ2) is 6.13. The van der Waals surface area contributed by atoms with Gasteiger partial charge in [0.1, 0.15) is 4.88 Å². The monoisotopic (exact) mass is 305 g/mol. The van der Waals surface area contributed by atoms with E-state index in [0.717, 1.165) is 41.8 Å². The molecule has 1 aliphatic rings. The predicted molar refractivity (Wildman–Crippen MR) is 84.1 cm³/mol.